The highest BCUT2D eigenvalue weighted by Crippen LogP contribution is 2.25. The zero-order chi connectivity index (χ0) is 26.7. The molecule has 0 saturated heterocycles. The zero-order valence-electron chi connectivity index (χ0n) is 19.7. The van der Waals surface area contributed by atoms with Crippen molar-refractivity contribution < 1.29 is 14.6 Å². The molecule has 0 bridgehead atoms. The van der Waals surface area contributed by atoms with Crippen molar-refractivity contribution in [3.8, 4) is 5.75 Å². The van der Waals surface area contributed by atoms with Crippen LogP contribution in [0.4, 0.5) is 11.4 Å². The standard InChI is InChI=1S/C25H20BrN5O6/c1-15(2)24-28-22-9-5-18(26)12-21(22)25(32)29(24)27-13-17-11-20(31(35)36)8-10-23(17)37-14-16-3-6-19(7-4-16)30(33)34/h3-13,15H,14H2,1-2H3. The van der Waals surface area contributed by atoms with Gasteiger partial charge in [-0.2, -0.15) is 9.78 Å². The second-order valence-corrected chi connectivity index (χ2v) is 9.25. The quantitative estimate of drug-likeness (QED) is 0.154. The number of aromatic nitrogens is 2. The van der Waals surface area contributed by atoms with Gasteiger partial charge in [-0.1, -0.05) is 29.8 Å². The van der Waals surface area contributed by atoms with E-state index in [0.717, 1.165) is 0 Å². The highest BCUT2D eigenvalue weighted by molar-refractivity contribution is 9.10. The van der Waals surface area contributed by atoms with Crippen LogP contribution in [0.15, 0.2) is 75.0 Å². The maximum Gasteiger partial charge on any atom is 0.282 e. The first kappa shape index (κ1) is 25.6. The molecule has 3 aromatic carbocycles. The summed E-state index contributed by atoms with van der Waals surface area (Å²) in [6.45, 7) is 3.81. The predicted molar refractivity (Wildman–Crippen MR) is 141 cm³/mol. The topological polar surface area (TPSA) is 143 Å². The van der Waals surface area contributed by atoms with E-state index in [9.17, 15) is 25.0 Å². The number of hydrogen-bond acceptors (Lipinski definition) is 8. The number of nitrogens with zero attached hydrogens (tertiary/aromatic N) is 5. The second kappa shape index (κ2) is 10.7. The first-order valence-corrected chi connectivity index (χ1v) is 11.8. The minimum atomic E-state index is -0.543. The number of nitro groups is 2. The fourth-order valence-corrected chi connectivity index (χ4v) is 3.89. The molecule has 1 aromatic heterocycles. The summed E-state index contributed by atoms with van der Waals surface area (Å²) in [4.78, 5) is 39.1. The van der Waals surface area contributed by atoms with Crippen LogP contribution in [0.1, 0.15) is 36.7 Å². The molecule has 4 aromatic rings. The van der Waals surface area contributed by atoms with E-state index in [1.54, 1.807) is 30.3 Å². The number of rotatable bonds is 8. The number of benzene rings is 3. The van der Waals surface area contributed by atoms with Crippen molar-refractivity contribution in [3.63, 3.8) is 0 Å². The third kappa shape index (κ3) is 5.70. The van der Waals surface area contributed by atoms with E-state index in [-0.39, 0.29) is 40.8 Å². The van der Waals surface area contributed by atoms with Crippen molar-refractivity contribution in [1.82, 2.24) is 9.66 Å². The van der Waals surface area contributed by atoms with Crippen LogP contribution < -0.4 is 10.3 Å². The summed E-state index contributed by atoms with van der Waals surface area (Å²) in [6, 6.07) is 15.1. The molecule has 0 aliphatic heterocycles. The smallest absolute Gasteiger partial charge is 0.282 e. The summed E-state index contributed by atoms with van der Waals surface area (Å²) in [5, 5.41) is 27.0. The molecule has 0 atom stereocenters. The molecule has 12 heteroatoms. The predicted octanol–water partition coefficient (Wildman–Crippen LogP) is 5.56. The lowest BCUT2D eigenvalue weighted by molar-refractivity contribution is -0.385. The van der Waals surface area contributed by atoms with Gasteiger partial charge in [0.15, 0.2) is 0 Å². The summed E-state index contributed by atoms with van der Waals surface area (Å²) in [5.41, 5.74) is 0.854. The lowest BCUT2D eigenvalue weighted by Gasteiger charge is -2.12. The van der Waals surface area contributed by atoms with Gasteiger partial charge in [0.2, 0.25) is 0 Å². The Kier molecular flexibility index (Phi) is 7.39. The van der Waals surface area contributed by atoms with Crippen LogP contribution in [0, 0.1) is 20.2 Å². The minimum Gasteiger partial charge on any atom is -0.488 e. The van der Waals surface area contributed by atoms with Gasteiger partial charge >= 0.3 is 0 Å². The molecule has 0 fully saturated rings. The Balaban J connectivity index is 1.73. The van der Waals surface area contributed by atoms with Gasteiger partial charge < -0.3 is 4.74 Å². The third-order valence-electron chi connectivity index (χ3n) is 5.41. The fraction of sp³-hybridized carbons (Fsp3) is 0.160. The van der Waals surface area contributed by atoms with Crippen LogP contribution in [0.25, 0.3) is 10.9 Å². The van der Waals surface area contributed by atoms with E-state index in [4.69, 9.17) is 4.74 Å². The molecule has 11 nitrogen and oxygen atoms in total. The van der Waals surface area contributed by atoms with Gasteiger partial charge in [-0.05, 0) is 42.0 Å². The van der Waals surface area contributed by atoms with E-state index in [1.165, 1.54) is 41.2 Å². The minimum absolute atomic E-state index is 0.0469. The molecule has 0 aliphatic rings. The van der Waals surface area contributed by atoms with Crippen LogP contribution in [-0.4, -0.2) is 25.7 Å². The van der Waals surface area contributed by atoms with Crippen LogP contribution in [0.2, 0.25) is 0 Å². The van der Waals surface area contributed by atoms with Crippen LogP contribution >= 0.6 is 15.9 Å². The molecular weight excluding hydrogens is 546 g/mol. The van der Waals surface area contributed by atoms with E-state index < -0.39 is 9.85 Å². The van der Waals surface area contributed by atoms with E-state index in [0.29, 0.717) is 26.8 Å². The summed E-state index contributed by atoms with van der Waals surface area (Å²) in [7, 11) is 0. The average Bonchev–Trinajstić information content (AvgIpc) is 2.87. The molecule has 0 aliphatic carbocycles. The molecule has 0 unspecified atom stereocenters. The van der Waals surface area contributed by atoms with Crippen molar-refractivity contribution in [2.24, 2.45) is 5.10 Å². The normalized spacial score (nSPS) is 11.4. The Bertz CT molecular complexity index is 1600. The lowest BCUT2D eigenvalue weighted by atomic mass is 10.1. The van der Waals surface area contributed by atoms with Gasteiger partial charge in [-0.15, -0.1) is 0 Å². The maximum atomic E-state index is 13.3. The number of hydrogen-bond donors (Lipinski definition) is 0. The largest absolute Gasteiger partial charge is 0.488 e. The summed E-state index contributed by atoms with van der Waals surface area (Å²) in [5.74, 6) is 0.569. The zero-order valence-corrected chi connectivity index (χ0v) is 21.3. The Morgan fingerprint density at radius 2 is 1.70 bits per heavy atom. The van der Waals surface area contributed by atoms with Crippen LogP contribution in [0.3, 0.4) is 0 Å². The van der Waals surface area contributed by atoms with Crippen molar-refractivity contribution in [2.75, 3.05) is 0 Å². The van der Waals surface area contributed by atoms with E-state index in [1.807, 2.05) is 13.8 Å². The van der Waals surface area contributed by atoms with Gasteiger partial charge in [-0.25, -0.2) is 4.98 Å². The number of halogens is 1. The number of fused-ring (bicyclic) bond motifs is 1. The molecule has 0 N–H and O–H groups in total. The van der Waals surface area contributed by atoms with Crippen molar-refractivity contribution in [1.29, 1.82) is 0 Å². The monoisotopic (exact) mass is 565 g/mol. The Morgan fingerprint density at radius 1 is 1.03 bits per heavy atom. The lowest BCUT2D eigenvalue weighted by Crippen LogP contribution is -2.23. The first-order chi connectivity index (χ1) is 17.6. The molecule has 0 saturated carbocycles. The SMILES string of the molecule is CC(C)c1nc2ccc(Br)cc2c(=O)n1N=Cc1cc([N+](=O)[O-])ccc1OCc1ccc([N+](=O)[O-])cc1. The first-order valence-electron chi connectivity index (χ1n) is 11.0. The Labute approximate surface area is 218 Å². The highest BCUT2D eigenvalue weighted by Gasteiger charge is 2.15. The molecule has 0 spiro atoms. The summed E-state index contributed by atoms with van der Waals surface area (Å²) >= 11 is 3.36. The molecule has 37 heavy (non-hydrogen) atoms. The second-order valence-electron chi connectivity index (χ2n) is 8.34. The van der Waals surface area contributed by atoms with E-state index in [2.05, 4.69) is 26.0 Å². The van der Waals surface area contributed by atoms with Gasteiger partial charge in [0, 0.05) is 40.2 Å². The van der Waals surface area contributed by atoms with Gasteiger partial charge in [-0.3, -0.25) is 25.0 Å². The van der Waals surface area contributed by atoms with Gasteiger partial charge in [0.05, 0.1) is 27.0 Å². The molecule has 188 valence electrons. The van der Waals surface area contributed by atoms with Gasteiger partial charge in [0.1, 0.15) is 18.2 Å². The van der Waals surface area contributed by atoms with Crippen molar-refractivity contribution >= 4 is 44.4 Å². The van der Waals surface area contributed by atoms with Crippen molar-refractivity contribution in [2.45, 2.75) is 26.4 Å². The number of non-ortho nitro benzene ring substituents is 2. The summed E-state index contributed by atoms with van der Waals surface area (Å²) in [6.07, 6.45) is 1.32. The van der Waals surface area contributed by atoms with Crippen LogP contribution in [0.5, 0.6) is 5.75 Å². The molecule has 0 amide bonds. The molecule has 0 radical (unpaired) electrons. The van der Waals surface area contributed by atoms with Crippen molar-refractivity contribution in [3.05, 3.63) is 113 Å². The highest BCUT2D eigenvalue weighted by atomic mass is 79.9. The third-order valence-corrected chi connectivity index (χ3v) is 5.90. The van der Waals surface area contributed by atoms with Gasteiger partial charge in [0.25, 0.3) is 16.9 Å². The molecule has 4 rings (SSSR count). The van der Waals surface area contributed by atoms with E-state index >= 15 is 0 Å². The Morgan fingerprint density at radius 3 is 2.35 bits per heavy atom. The number of nitro benzene ring substituents is 2. The molecule has 1 heterocycles. The molecular formula is C25H20BrN5O6. The Hall–Kier alpha value is -4.45. The fourth-order valence-electron chi connectivity index (χ4n) is 3.53. The maximum absolute atomic E-state index is 13.3. The summed E-state index contributed by atoms with van der Waals surface area (Å²) < 4.78 is 7.74. The average molecular weight is 566 g/mol. The van der Waals surface area contributed by atoms with Crippen LogP contribution in [-0.2, 0) is 6.61 Å². The number of ether oxygens (including phenoxy) is 1.